The summed E-state index contributed by atoms with van der Waals surface area (Å²) in [5.41, 5.74) is 1.01. The van der Waals surface area contributed by atoms with E-state index in [1.807, 2.05) is 29.6 Å². The van der Waals surface area contributed by atoms with E-state index in [1.54, 1.807) is 6.92 Å². The van der Waals surface area contributed by atoms with Crippen LogP contribution in [0, 0.1) is 11.8 Å². The van der Waals surface area contributed by atoms with Crippen LogP contribution in [0.3, 0.4) is 0 Å². The van der Waals surface area contributed by atoms with Gasteiger partial charge in [0.15, 0.2) is 5.69 Å². The second-order valence-corrected chi connectivity index (χ2v) is 11.3. The van der Waals surface area contributed by atoms with Crippen molar-refractivity contribution in [2.24, 2.45) is 18.9 Å². The molecule has 2 amide bonds. The van der Waals surface area contributed by atoms with E-state index in [0.717, 1.165) is 11.5 Å². The van der Waals surface area contributed by atoms with Crippen LogP contribution in [0.5, 0.6) is 0 Å². The molecular formula is C23H32N5O6S+. The number of nitrogens with one attached hydrogen (secondary N) is 1. The van der Waals surface area contributed by atoms with Crippen LogP contribution < -0.4 is 9.88 Å². The standard InChI is InChI=1S/C23H31N5O6S/c1-11-18-17(12(2)30)22(32)28(18)19(23(33)34)20(11)35-14-6-15(24-7-14)21(31)26-4-5-27-13(9-26)8-25(3)16(27)10-29/h8,11-12,14-15,17-18,24,29-30H,4-7,9-10H2,1-3H3/p+1/t11-,12-,14+,15+,17-,18-/m1/s1. The Labute approximate surface area is 207 Å². The Morgan fingerprint density at radius 2 is 2.09 bits per heavy atom. The molecule has 1 aromatic rings. The maximum atomic E-state index is 13.3. The molecule has 12 heteroatoms. The summed E-state index contributed by atoms with van der Waals surface area (Å²) >= 11 is 1.44. The summed E-state index contributed by atoms with van der Waals surface area (Å²) in [5, 5.41) is 32.8. The summed E-state index contributed by atoms with van der Waals surface area (Å²) in [6.45, 7) is 5.66. The van der Waals surface area contributed by atoms with E-state index < -0.39 is 18.0 Å². The van der Waals surface area contributed by atoms with Gasteiger partial charge in [0.25, 0.3) is 5.82 Å². The SMILES string of the molecule is C[C@@H](O)[C@H]1C(=O)N2C(C(=O)O)=C(S[C@@H]3CN[C@H](C(=O)N4CCn5c(c[n+](C)c5CO)C4)C3)[C@H](C)[C@H]12. The van der Waals surface area contributed by atoms with Gasteiger partial charge in [-0.25, -0.2) is 13.9 Å². The minimum Gasteiger partial charge on any atom is -0.477 e. The number of aliphatic hydroxyl groups is 2. The Morgan fingerprint density at radius 3 is 2.74 bits per heavy atom. The number of hydrogen-bond donors (Lipinski definition) is 4. The topological polar surface area (TPSA) is 139 Å². The molecule has 0 aromatic carbocycles. The van der Waals surface area contributed by atoms with E-state index in [1.165, 1.54) is 16.7 Å². The van der Waals surface area contributed by atoms with Crippen LogP contribution in [0.15, 0.2) is 16.8 Å². The molecule has 0 aliphatic carbocycles. The summed E-state index contributed by atoms with van der Waals surface area (Å²) in [6.07, 6.45) is 1.68. The van der Waals surface area contributed by atoms with Gasteiger partial charge in [0.1, 0.15) is 25.0 Å². The summed E-state index contributed by atoms with van der Waals surface area (Å²) < 4.78 is 3.94. The first-order chi connectivity index (χ1) is 16.6. The zero-order chi connectivity index (χ0) is 25.2. The highest BCUT2D eigenvalue weighted by atomic mass is 32.2. The van der Waals surface area contributed by atoms with Crippen LogP contribution in [0.25, 0.3) is 0 Å². The van der Waals surface area contributed by atoms with Gasteiger partial charge in [-0.3, -0.25) is 9.59 Å². The Hall–Kier alpha value is -2.41. The molecule has 4 aliphatic heterocycles. The van der Waals surface area contributed by atoms with Crippen LogP contribution >= 0.6 is 11.8 Å². The number of carboxylic acid groups (broad SMARTS) is 1. The van der Waals surface area contributed by atoms with Gasteiger partial charge < -0.3 is 30.4 Å². The number of nitrogens with zero attached hydrogens (tertiary/aromatic N) is 4. The number of β-lactam (4-membered cyclic amide) rings is 1. The Bertz CT molecular complexity index is 1120. The molecular weight excluding hydrogens is 474 g/mol. The highest BCUT2D eigenvalue weighted by Gasteiger charge is 2.60. The number of aromatic nitrogens is 2. The van der Waals surface area contributed by atoms with E-state index in [2.05, 4.69) is 9.88 Å². The van der Waals surface area contributed by atoms with Gasteiger partial charge in [-0.05, 0) is 13.3 Å². The molecule has 5 heterocycles. The van der Waals surface area contributed by atoms with Gasteiger partial charge in [0, 0.05) is 22.6 Å². The lowest BCUT2D eigenvalue weighted by Crippen LogP contribution is -2.63. The van der Waals surface area contributed by atoms with Crippen LogP contribution in [0.2, 0.25) is 0 Å². The maximum absolute atomic E-state index is 13.3. The molecule has 0 radical (unpaired) electrons. The molecule has 35 heavy (non-hydrogen) atoms. The zero-order valence-electron chi connectivity index (χ0n) is 20.0. The number of carbonyl (C=O) groups excluding carboxylic acids is 2. The number of carbonyl (C=O) groups is 3. The predicted molar refractivity (Wildman–Crippen MR) is 124 cm³/mol. The highest BCUT2D eigenvalue weighted by molar-refractivity contribution is 8.03. The van der Waals surface area contributed by atoms with Crippen molar-refractivity contribution in [1.82, 2.24) is 19.7 Å². The molecule has 5 rings (SSSR count). The van der Waals surface area contributed by atoms with Crippen molar-refractivity contribution in [3.63, 3.8) is 0 Å². The van der Waals surface area contributed by atoms with Crippen molar-refractivity contribution in [1.29, 1.82) is 0 Å². The van der Waals surface area contributed by atoms with Gasteiger partial charge >= 0.3 is 5.97 Å². The lowest BCUT2D eigenvalue weighted by Gasteiger charge is -2.46. The minimum atomic E-state index is -1.13. The lowest BCUT2D eigenvalue weighted by atomic mass is 9.79. The number of aliphatic carboxylic acids is 1. The van der Waals surface area contributed by atoms with E-state index >= 15 is 0 Å². The van der Waals surface area contributed by atoms with Crippen LogP contribution in [0.4, 0.5) is 0 Å². The summed E-state index contributed by atoms with van der Waals surface area (Å²) in [5.74, 6) is -1.40. The second-order valence-electron chi connectivity index (χ2n) is 9.93. The minimum absolute atomic E-state index is 0.00185. The molecule has 0 saturated carbocycles. The smallest absolute Gasteiger partial charge is 0.353 e. The second kappa shape index (κ2) is 8.91. The largest absolute Gasteiger partial charge is 0.477 e. The predicted octanol–water partition coefficient (Wildman–Crippen LogP) is -1.24. The molecule has 0 bridgehead atoms. The van der Waals surface area contributed by atoms with Gasteiger partial charge in [-0.1, -0.05) is 6.92 Å². The number of rotatable bonds is 6. The molecule has 190 valence electrons. The third-order valence-corrected chi connectivity index (χ3v) is 9.31. The fourth-order valence-electron chi connectivity index (χ4n) is 6.06. The van der Waals surface area contributed by atoms with Crippen molar-refractivity contribution in [3.05, 3.63) is 28.3 Å². The fraction of sp³-hybridized carbons (Fsp3) is 0.652. The van der Waals surface area contributed by atoms with Gasteiger partial charge in [0.05, 0.1) is 44.2 Å². The first kappa shape index (κ1) is 24.3. The Balaban J connectivity index is 1.26. The number of thioether (sulfide) groups is 1. The number of aryl methyl sites for hydroxylation is 1. The van der Waals surface area contributed by atoms with Crippen molar-refractivity contribution >= 4 is 29.5 Å². The third-order valence-electron chi connectivity index (χ3n) is 7.80. The normalized spacial score (nSPS) is 30.9. The summed E-state index contributed by atoms with van der Waals surface area (Å²) in [7, 11) is 1.88. The number of imidazole rings is 1. The monoisotopic (exact) mass is 506 g/mol. The molecule has 0 unspecified atom stereocenters. The molecule has 11 nitrogen and oxygen atoms in total. The molecule has 2 saturated heterocycles. The van der Waals surface area contributed by atoms with Gasteiger partial charge in [-0.15, -0.1) is 11.8 Å². The van der Waals surface area contributed by atoms with Crippen LogP contribution in [-0.2, 0) is 41.1 Å². The first-order valence-corrected chi connectivity index (χ1v) is 12.9. The average molecular weight is 507 g/mol. The van der Waals surface area contributed by atoms with Crippen molar-refractivity contribution in [2.45, 2.75) is 63.4 Å². The fourth-order valence-corrected chi connectivity index (χ4v) is 7.54. The molecule has 6 atom stereocenters. The van der Waals surface area contributed by atoms with Crippen LogP contribution in [-0.4, -0.2) is 84.0 Å². The zero-order valence-corrected chi connectivity index (χ0v) is 20.9. The highest BCUT2D eigenvalue weighted by Crippen LogP contribution is 2.51. The quantitative estimate of drug-likeness (QED) is 0.278. The molecule has 4 aliphatic rings. The third kappa shape index (κ3) is 3.78. The number of aliphatic hydroxyl groups excluding tert-OH is 2. The van der Waals surface area contributed by atoms with Gasteiger partial charge in [0.2, 0.25) is 11.8 Å². The molecule has 0 spiro atoms. The lowest BCUT2D eigenvalue weighted by molar-refractivity contribution is -0.680. The van der Waals surface area contributed by atoms with E-state index in [9.17, 15) is 29.7 Å². The Morgan fingerprint density at radius 1 is 1.34 bits per heavy atom. The number of carboxylic acids is 1. The van der Waals surface area contributed by atoms with Gasteiger partial charge in [-0.2, -0.15) is 0 Å². The Kier molecular flexibility index (Phi) is 6.19. The first-order valence-electron chi connectivity index (χ1n) is 12.0. The van der Waals surface area contributed by atoms with E-state index in [-0.39, 0.29) is 47.4 Å². The maximum Gasteiger partial charge on any atom is 0.353 e. The van der Waals surface area contributed by atoms with Crippen molar-refractivity contribution < 1.29 is 34.3 Å². The number of amides is 2. The number of fused-ring (bicyclic) bond motifs is 2. The molecule has 1 aromatic heterocycles. The van der Waals surface area contributed by atoms with Crippen molar-refractivity contribution in [2.75, 3.05) is 13.1 Å². The van der Waals surface area contributed by atoms with Crippen LogP contribution in [0.1, 0.15) is 31.8 Å². The van der Waals surface area contributed by atoms with E-state index in [4.69, 9.17) is 0 Å². The van der Waals surface area contributed by atoms with Crippen molar-refractivity contribution in [3.8, 4) is 0 Å². The molecule has 2 fully saturated rings. The number of hydrogen-bond acceptors (Lipinski definition) is 7. The van der Waals surface area contributed by atoms with E-state index in [0.29, 0.717) is 37.5 Å². The summed E-state index contributed by atoms with van der Waals surface area (Å²) in [4.78, 5) is 41.7. The average Bonchev–Trinajstić information content (AvgIpc) is 3.46. The summed E-state index contributed by atoms with van der Waals surface area (Å²) in [6, 6.07) is -0.688. The molecule has 4 N–H and O–H groups in total.